The summed E-state index contributed by atoms with van der Waals surface area (Å²) in [6.07, 6.45) is 1.54. The van der Waals surface area contributed by atoms with E-state index in [4.69, 9.17) is 10.5 Å². The van der Waals surface area contributed by atoms with Crippen molar-refractivity contribution in [3.8, 4) is 0 Å². The molecule has 0 spiro atoms. The molecule has 0 saturated carbocycles. The smallest absolute Gasteiger partial charge is 0.410 e. The first kappa shape index (κ1) is 20.7. The van der Waals surface area contributed by atoms with Crippen LogP contribution in [0.3, 0.4) is 0 Å². The second kappa shape index (κ2) is 8.70. The van der Waals surface area contributed by atoms with Crippen LogP contribution in [0.25, 0.3) is 0 Å². The van der Waals surface area contributed by atoms with Gasteiger partial charge in [0.2, 0.25) is 5.91 Å². The zero-order valence-electron chi connectivity index (χ0n) is 16.2. The number of hydrogen-bond donors (Lipinski definition) is 1. The highest BCUT2D eigenvalue weighted by Crippen LogP contribution is 2.21. The van der Waals surface area contributed by atoms with E-state index in [1.165, 1.54) is 0 Å². The van der Waals surface area contributed by atoms with Gasteiger partial charge in [-0.05, 0) is 52.4 Å². The summed E-state index contributed by atoms with van der Waals surface area (Å²) >= 11 is 0. The summed E-state index contributed by atoms with van der Waals surface area (Å²) in [5, 5.41) is 0. The van der Waals surface area contributed by atoms with Crippen LogP contribution in [0.5, 0.6) is 0 Å². The summed E-state index contributed by atoms with van der Waals surface area (Å²) < 4.78 is 5.46. The Labute approximate surface area is 146 Å². The third-order valence-electron chi connectivity index (χ3n) is 4.44. The molecule has 0 aromatic rings. The standard InChI is InChI=1S/C18H35N3O3/c1-7-20(17(23)24-18(4,5)6)12-14-8-10-21(11-9-14)16(22)15(19)13(2)3/h13-15H,7-12,19H2,1-6H3. The van der Waals surface area contributed by atoms with Gasteiger partial charge in [-0.2, -0.15) is 0 Å². The van der Waals surface area contributed by atoms with Crippen molar-refractivity contribution in [2.24, 2.45) is 17.6 Å². The van der Waals surface area contributed by atoms with Gasteiger partial charge in [0.15, 0.2) is 0 Å². The van der Waals surface area contributed by atoms with Crippen LogP contribution < -0.4 is 5.73 Å². The van der Waals surface area contributed by atoms with E-state index in [0.717, 1.165) is 25.9 Å². The number of ether oxygens (including phenoxy) is 1. The van der Waals surface area contributed by atoms with Crippen LogP contribution in [0.4, 0.5) is 4.79 Å². The molecule has 0 bridgehead atoms. The highest BCUT2D eigenvalue weighted by atomic mass is 16.6. The molecule has 2 N–H and O–H groups in total. The van der Waals surface area contributed by atoms with Gasteiger partial charge in [-0.15, -0.1) is 0 Å². The minimum absolute atomic E-state index is 0.0444. The normalized spacial score (nSPS) is 17.8. The Bertz CT molecular complexity index is 424. The highest BCUT2D eigenvalue weighted by Gasteiger charge is 2.30. The van der Waals surface area contributed by atoms with Gasteiger partial charge < -0.3 is 20.3 Å². The molecule has 24 heavy (non-hydrogen) atoms. The molecule has 1 heterocycles. The third-order valence-corrected chi connectivity index (χ3v) is 4.44. The van der Waals surface area contributed by atoms with Crippen LogP contribution in [-0.2, 0) is 9.53 Å². The molecule has 1 atom stereocenters. The summed E-state index contributed by atoms with van der Waals surface area (Å²) in [5.41, 5.74) is 5.49. The zero-order valence-corrected chi connectivity index (χ0v) is 16.2. The molecule has 0 radical (unpaired) electrons. The van der Waals surface area contributed by atoms with Gasteiger partial charge in [0.25, 0.3) is 0 Å². The van der Waals surface area contributed by atoms with Gasteiger partial charge in [-0.3, -0.25) is 4.79 Å². The minimum Gasteiger partial charge on any atom is -0.444 e. The van der Waals surface area contributed by atoms with Crippen molar-refractivity contribution >= 4 is 12.0 Å². The topological polar surface area (TPSA) is 75.9 Å². The summed E-state index contributed by atoms with van der Waals surface area (Å²) in [5.74, 6) is 0.595. The fraction of sp³-hybridized carbons (Fsp3) is 0.889. The van der Waals surface area contributed by atoms with Crippen molar-refractivity contribution in [1.82, 2.24) is 9.80 Å². The molecular formula is C18H35N3O3. The van der Waals surface area contributed by atoms with Crippen LogP contribution in [0.1, 0.15) is 54.4 Å². The van der Waals surface area contributed by atoms with E-state index in [-0.39, 0.29) is 17.9 Å². The first-order valence-electron chi connectivity index (χ1n) is 9.07. The van der Waals surface area contributed by atoms with E-state index >= 15 is 0 Å². The molecule has 6 heteroatoms. The zero-order chi connectivity index (χ0) is 18.5. The Kier molecular flexibility index (Phi) is 7.52. The number of carbonyl (C=O) groups excluding carboxylic acids is 2. The average Bonchev–Trinajstić information content (AvgIpc) is 2.49. The molecule has 6 nitrogen and oxygen atoms in total. The van der Waals surface area contributed by atoms with Crippen LogP contribution in [0.2, 0.25) is 0 Å². The van der Waals surface area contributed by atoms with Gasteiger partial charge in [-0.25, -0.2) is 4.79 Å². The molecule has 0 aliphatic carbocycles. The van der Waals surface area contributed by atoms with Gasteiger partial charge >= 0.3 is 6.09 Å². The highest BCUT2D eigenvalue weighted by molar-refractivity contribution is 5.82. The number of nitrogens with zero attached hydrogens (tertiary/aromatic N) is 2. The van der Waals surface area contributed by atoms with Gasteiger partial charge in [0.1, 0.15) is 5.60 Å². The maximum atomic E-state index is 12.3. The number of rotatable bonds is 5. The third kappa shape index (κ3) is 6.30. The van der Waals surface area contributed by atoms with E-state index in [9.17, 15) is 9.59 Å². The monoisotopic (exact) mass is 341 g/mol. The van der Waals surface area contributed by atoms with Crippen molar-refractivity contribution < 1.29 is 14.3 Å². The number of piperidine rings is 1. The molecule has 0 aromatic carbocycles. The summed E-state index contributed by atoms with van der Waals surface area (Å²) in [6, 6.07) is -0.421. The Morgan fingerprint density at radius 3 is 2.21 bits per heavy atom. The molecule has 0 aromatic heterocycles. The molecule has 1 aliphatic rings. The Morgan fingerprint density at radius 2 is 1.79 bits per heavy atom. The average molecular weight is 341 g/mol. The van der Waals surface area contributed by atoms with Crippen molar-refractivity contribution in [3.05, 3.63) is 0 Å². The van der Waals surface area contributed by atoms with Crippen LogP contribution in [0.15, 0.2) is 0 Å². The van der Waals surface area contributed by atoms with E-state index in [0.29, 0.717) is 19.0 Å². The lowest BCUT2D eigenvalue weighted by molar-refractivity contribution is -0.135. The van der Waals surface area contributed by atoms with Crippen molar-refractivity contribution in [3.63, 3.8) is 0 Å². The summed E-state index contributed by atoms with van der Waals surface area (Å²) in [6.45, 7) is 14.3. The molecule has 140 valence electrons. The molecule has 2 amide bonds. The van der Waals surface area contributed by atoms with Gasteiger partial charge in [0, 0.05) is 26.2 Å². The lowest BCUT2D eigenvalue weighted by Crippen LogP contribution is -2.50. The second-order valence-corrected chi connectivity index (χ2v) is 8.06. The fourth-order valence-electron chi connectivity index (χ4n) is 2.80. The predicted molar refractivity (Wildman–Crippen MR) is 95.6 cm³/mol. The second-order valence-electron chi connectivity index (χ2n) is 8.06. The van der Waals surface area contributed by atoms with E-state index in [2.05, 4.69) is 0 Å². The van der Waals surface area contributed by atoms with Gasteiger partial charge in [0.05, 0.1) is 6.04 Å². The lowest BCUT2D eigenvalue weighted by Gasteiger charge is -2.36. The predicted octanol–water partition coefficient (Wildman–Crippen LogP) is 2.47. The van der Waals surface area contributed by atoms with Crippen molar-refractivity contribution in [2.45, 2.75) is 66.0 Å². The molecule has 1 unspecified atom stereocenters. The molecule has 1 fully saturated rings. The maximum Gasteiger partial charge on any atom is 0.410 e. The number of carbonyl (C=O) groups is 2. The number of nitrogens with two attached hydrogens (primary N) is 1. The maximum absolute atomic E-state index is 12.3. The number of hydrogen-bond acceptors (Lipinski definition) is 4. The number of likely N-dealkylation sites (tertiary alicyclic amines) is 1. The van der Waals surface area contributed by atoms with Crippen LogP contribution in [-0.4, -0.2) is 59.6 Å². The molecule has 1 aliphatic heterocycles. The minimum atomic E-state index is -0.479. The quantitative estimate of drug-likeness (QED) is 0.833. The van der Waals surface area contributed by atoms with E-state index in [1.54, 1.807) is 4.90 Å². The van der Waals surface area contributed by atoms with Crippen molar-refractivity contribution in [1.29, 1.82) is 0 Å². The summed E-state index contributed by atoms with van der Waals surface area (Å²) in [7, 11) is 0. The SMILES string of the molecule is CCN(CC1CCN(C(=O)C(N)C(C)C)CC1)C(=O)OC(C)(C)C. The first-order valence-corrected chi connectivity index (χ1v) is 9.07. The summed E-state index contributed by atoms with van der Waals surface area (Å²) in [4.78, 5) is 28.2. The van der Waals surface area contributed by atoms with Gasteiger partial charge in [-0.1, -0.05) is 13.8 Å². The number of amides is 2. The molecule has 1 rings (SSSR count). The largest absolute Gasteiger partial charge is 0.444 e. The molecular weight excluding hydrogens is 306 g/mol. The molecule has 1 saturated heterocycles. The Balaban J connectivity index is 2.49. The fourth-order valence-corrected chi connectivity index (χ4v) is 2.80. The van der Waals surface area contributed by atoms with Crippen molar-refractivity contribution in [2.75, 3.05) is 26.2 Å². The lowest BCUT2D eigenvalue weighted by atomic mass is 9.94. The van der Waals surface area contributed by atoms with Crippen LogP contribution in [0, 0.1) is 11.8 Å². The Morgan fingerprint density at radius 1 is 1.25 bits per heavy atom. The van der Waals surface area contributed by atoms with E-state index in [1.807, 2.05) is 46.4 Å². The van der Waals surface area contributed by atoms with E-state index < -0.39 is 11.6 Å². The Hall–Kier alpha value is -1.30. The van der Waals surface area contributed by atoms with Crippen LogP contribution >= 0.6 is 0 Å². The first-order chi connectivity index (χ1) is 11.0.